The number of carboxylic acid groups (broad SMARTS) is 1. The van der Waals surface area contributed by atoms with E-state index >= 15 is 0 Å². The smallest absolute Gasteiger partial charge is 0.335 e. The molecule has 0 aliphatic heterocycles. The fourth-order valence-electron chi connectivity index (χ4n) is 8.18. The number of carboxylic acids is 1. The van der Waals surface area contributed by atoms with E-state index in [1.807, 2.05) is 36.4 Å². The van der Waals surface area contributed by atoms with Gasteiger partial charge < -0.3 is 14.6 Å². The molecule has 0 aliphatic carbocycles. The van der Waals surface area contributed by atoms with Crippen LogP contribution in [-0.4, -0.2) is 11.1 Å². The maximum Gasteiger partial charge on any atom is 0.335 e. The van der Waals surface area contributed by atoms with Gasteiger partial charge in [-0.25, -0.2) is 4.79 Å². The van der Waals surface area contributed by atoms with Crippen LogP contribution >= 0.6 is 0 Å². The molecular weight excluding hydrogens is 797 g/mol. The van der Waals surface area contributed by atoms with Crippen LogP contribution in [0, 0.1) is 0 Å². The van der Waals surface area contributed by atoms with Gasteiger partial charge in [-0.2, -0.15) is 0 Å². The lowest BCUT2D eigenvalue weighted by molar-refractivity contribution is 0.0695. The van der Waals surface area contributed by atoms with Crippen LogP contribution in [0.3, 0.4) is 0 Å². The van der Waals surface area contributed by atoms with E-state index in [0.29, 0.717) is 11.5 Å². The van der Waals surface area contributed by atoms with Gasteiger partial charge in [0.05, 0.1) is 5.56 Å². The first-order valence-corrected chi connectivity index (χ1v) is 21.7. The lowest BCUT2D eigenvalue weighted by Gasteiger charge is -2.18. The van der Waals surface area contributed by atoms with Gasteiger partial charge in [-0.1, -0.05) is 231 Å². The number of rotatable bonds is 15. The summed E-state index contributed by atoms with van der Waals surface area (Å²) in [6.45, 7) is 0.480. The summed E-state index contributed by atoms with van der Waals surface area (Å²) in [6.07, 6.45) is 0. The quantitative estimate of drug-likeness (QED) is 0.104. The van der Waals surface area contributed by atoms with Crippen LogP contribution in [0.25, 0.3) is 22.3 Å². The van der Waals surface area contributed by atoms with Gasteiger partial charge in [0.15, 0.2) is 0 Å². The molecular formula is C61H46O4. The molecule has 4 nitrogen and oxygen atoms in total. The molecule has 9 aromatic carbocycles. The normalized spacial score (nSPS) is 10.7. The van der Waals surface area contributed by atoms with Crippen molar-refractivity contribution in [3.63, 3.8) is 0 Å². The van der Waals surface area contributed by atoms with E-state index in [1.54, 1.807) is 6.07 Å². The first-order valence-electron chi connectivity index (χ1n) is 21.7. The van der Waals surface area contributed by atoms with Crippen LogP contribution in [0.5, 0.6) is 11.5 Å². The highest BCUT2D eigenvalue weighted by Gasteiger charge is 2.18. The van der Waals surface area contributed by atoms with Crippen LogP contribution in [-0.2, 0) is 13.2 Å². The maximum atomic E-state index is 12.3. The lowest BCUT2D eigenvalue weighted by Crippen LogP contribution is -2.03. The summed E-state index contributed by atoms with van der Waals surface area (Å²) < 4.78 is 12.5. The van der Waals surface area contributed by atoms with Crippen LogP contribution < -0.4 is 9.47 Å². The monoisotopic (exact) mass is 842 g/mol. The van der Waals surface area contributed by atoms with E-state index in [0.717, 1.165) is 77.9 Å². The Balaban J connectivity index is 0.957. The second-order valence-electron chi connectivity index (χ2n) is 15.7. The molecule has 0 radical (unpaired) electrons. The molecule has 0 aromatic heterocycles. The molecule has 1 N–H and O–H groups in total. The molecule has 0 unspecified atom stereocenters. The van der Waals surface area contributed by atoms with Crippen molar-refractivity contribution >= 4 is 28.3 Å². The molecule has 0 bridgehead atoms. The van der Waals surface area contributed by atoms with Gasteiger partial charge in [-0.15, -0.1) is 0 Å². The van der Waals surface area contributed by atoms with Gasteiger partial charge in [-0.05, 0) is 90.1 Å². The molecule has 65 heavy (non-hydrogen) atoms. The Labute approximate surface area is 380 Å². The zero-order chi connectivity index (χ0) is 44.2. The van der Waals surface area contributed by atoms with Gasteiger partial charge in [0.1, 0.15) is 24.7 Å². The predicted molar refractivity (Wildman–Crippen MR) is 264 cm³/mol. The van der Waals surface area contributed by atoms with Crippen LogP contribution in [0.2, 0.25) is 0 Å². The minimum absolute atomic E-state index is 0.0854. The Morgan fingerprint density at radius 3 is 0.754 bits per heavy atom. The zero-order valence-electron chi connectivity index (χ0n) is 35.8. The van der Waals surface area contributed by atoms with E-state index in [1.165, 1.54) is 12.1 Å². The number of aromatic carboxylic acids is 1. The molecule has 0 saturated heterocycles. The molecule has 0 aliphatic rings. The minimum atomic E-state index is -1.06. The Kier molecular flexibility index (Phi) is 13.0. The van der Waals surface area contributed by atoms with Gasteiger partial charge >= 0.3 is 5.97 Å². The van der Waals surface area contributed by atoms with E-state index in [2.05, 4.69) is 194 Å². The molecule has 0 atom stereocenters. The predicted octanol–water partition coefficient (Wildman–Crippen LogP) is 14.6. The number of hydrogen-bond acceptors (Lipinski definition) is 3. The molecule has 0 heterocycles. The molecule has 0 fully saturated rings. The third-order valence-electron chi connectivity index (χ3n) is 11.3. The van der Waals surface area contributed by atoms with Crippen molar-refractivity contribution in [1.82, 2.24) is 0 Å². The summed E-state index contributed by atoms with van der Waals surface area (Å²) in [7, 11) is 0. The largest absolute Gasteiger partial charge is 0.489 e. The Morgan fingerprint density at radius 2 is 0.523 bits per heavy atom. The van der Waals surface area contributed by atoms with Gasteiger partial charge in [-0.3, -0.25) is 0 Å². The molecule has 0 saturated carbocycles. The highest BCUT2D eigenvalue weighted by molar-refractivity contribution is 6.05. The second-order valence-corrected chi connectivity index (χ2v) is 15.7. The van der Waals surface area contributed by atoms with Crippen molar-refractivity contribution in [3.05, 3.63) is 310 Å². The average molecular weight is 843 g/mol. The highest BCUT2D eigenvalue weighted by atomic mass is 16.5. The third-order valence-corrected chi connectivity index (χ3v) is 11.3. The Hall–Kier alpha value is -8.47. The number of ether oxygens (including phenoxy) is 2. The molecule has 9 aromatic rings. The van der Waals surface area contributed by atoms with E-state index < -0.39 is 5.97 Å². The first-order chi connectivity index (χ1) is 32.1. The topological polar surface area (TPSA) is 55.8 Å². The summed E-state index contributed by atoms with van der Waals surface area (Å²) >= 11 is 0. The third kappa shape index (κ3) is 10.1. The van der Waals surface area contributed by atoms with Crippen molar-refractivity contribution in [2.75, 3.05) is 0 Å². The second kappa shape index (κ2) is 20.1. The van der Waals surface area contributed by atoms with Crippen molar-refractivity contribution in [2.24, 2.45) is 0 Å². The van der Waals surface area contributed by atoms with Gasteiger partial charge in [0.25, 0.3) is 0 Å². The summed E-state index contributed by atoms with van der Waals surface area (Å²) in [5.74, 6) is -0.243. The van der Waals surface area contributed by atoms with Crippen LogP contribution in [0.15, 0.2) is 249 Å². The molecule has 314 valence electrons. The SMILES string of the molecule is O=C(O)c1cc(OCc2ccc(C(=C(c3ccccc3)c3ccccc3)c3ccccc3)cc2)cc(OCc2ccc(C(=C(c3ccccc3)c3ccccc3)c3ccccc3)cc2)c1. The summed E-state index contributed by atoms with van der Waals surface area (Å²) in [5.41, 5.74) is 15.4. The van der Waals surface area contributed by atoms with E-state index in [4.69, 9.17) is 9.47 Å². The lowest BCUT2D eigenvalue weighted by atomic mass is 9.85. The Morgan fingerprint density at radius 1 is 0.292 bits per heavy atom. The zero-order valence-corrected chi connectivity index (χ0v) is 35.8. The molecule has 9 rings (SSSR count). The van der Waals surface area contributed by atoms with Crippen molar-refractivity contribution in [2.45, 2.75) is 13.2 Å². The molecule has 0 spiro atoms. The average Bonchev–Trinajstić information content (AvgIpc) is 3.38. The standard InChI is InChI=1S/C61H46O4/c62-61(63)54-39-55(64-42-44-31-35-52(36-32-44)59(50-27-15-5-16-28-50)57(46-19-7-1-8-20-46)47-21-9-2-10-22-47)41-56(40-54)65-43-45-33-37-53(38-34-45)60(51-29-17-6-18-30-51)58(48-23-11-3-12-24-48)49-25-13-4-14-26-49/h1-41H,42-43H2,(H,62,63). The fraction of sp³-hybridized carbons (Fsp3) is 0.0328. The van der Waals surface area contributed by atoms with E-state index in [9.17, 15) is 9.90 Å². The Bertz CT molecular complexity index is 2750. The van der Waals surface area contributed by atoms with Gasteiger partial charge in [0.2, 0.25) is 0 Å². The highest BCUT2D eigenvalue weighted by Crippen LogP contribution is 2.39. The van der Waals surface area contributed by atoms with Crippen molar-refractivity contribution in [1.29, 1.82) is 0 Å². The fourth-order valence-corrected chi connectivity index (χ4v) is 8.18. The van der Waals surface area contributed by atoms with E-state index in [-0.39, 0.29) is 18.8 Å². The minimum Gasteiger partial charge on any atom is -0.489 e. The first kappa shape index (κ1) is 41.9. The summed E-state index contributed by atoms with van der Waals surface area (Å²) in [5, 5.41) is 10.1. The van der Waals surface area contributed by atoms with Crippen molar-refractivity contribution < 1.29 is 19.4 Å². The van der Waals surface area contributed by atoms with Crippen molar-refractivity contribution in [3.8, 4) is 11.5 Å². The van der Waals surface area contributed by atoms with Crippen LogP contribution in [0.4, 0.5) is 0 Å². The summed E-state index contributed by atoms with van der Waals surface area (Å²) in [6, 6.07) is 84.5. The van der Waals surface area contributed by atoms with Gasteiger partial charge in [0, 0.05) is 6.07 Å². The number of hydrogen-bond donors (Lipinski definition) is 1. The molecule has 0 amide bonds. The number of benzene rings is 9. The maximum absolute atomic E-state index is 12.3. The van der Waals surface area contributed by atoms with Crippen LogP contribution in [0.1, 0.15) is 66.0 Å². The number of carbonyl (C=O) groups is 1. The summed E-state index contributed by atoms with van der Waals surface area (Å²) in [4.78, 5) is 12.3. The molecule has 4 heteroatoms.